The van der Waals surface area contributed by atoms with Crippen LogP contribution in [0.15, 0.2) is 42.5 Å². The maximum atomic E-state index is 12.3. The summed E-state index contributed by atoms with van der Waals surface area (Å²) < 4.78 is 11.1. The summed E-state index contributed by atoms with van der Waals surface area (Å²) in [5.41, 5.74) is 1.95. The molecule has 2 aliphatic heterocycles. The second-order valence-corrected chi connectivity index (χ2v) is 7.57. The molecule has 0 aliphatic carbocycles. The van der Waals surface area contributed by atoms with Crippen LogP contribution in [0.5, 0.6) is 11.5 Å². The summed E-state index contributed by atoms with van der Waals surface area (Å²) in [5.74, 6) is 1.38. The van der Waals surface area contributed by atoms with E-state index in [2.05, 4.69) is 27.7 Å². The maximum Gasteiger partial charge on any atom is 0.319 e. The number of urea groups is 1. The summed E-state index contributed by atoms with van der Waals surface area (Å²) in [6.07, 6.45) is 1.87. The molecule has 2 aliphatic rings. The molecule has 1 saturated heterocycles. The fraction of sp³-hybridized carbons (Fsp3) is 0.381. The Labute approximate surface area is 169 Å². The van der Waals surface area contributed by atoms with Crippen molar-refractivity contribution in [3.63, 3.8) is 0 Å². The number of carbonyl (C=O) groups excluding carboxylic acids is 1. The molecule has 6 nitrogen and oxygen atoms in total. The highest BCUT2D eigenvalue weighted by Gasteiger charge is 2.21. The SMILES string of the molecule is O=C(Nc1ccc2c(c1)OCCO2)NC1CCN(Cc2ccc(Cl)cc2)CC1. The molecule has 2 aromatic rings. The van der Waals surface area contributed by atoms with E-state index in [9.17, 15) is 4.79 Å². The molecule has 1 fully saturated rings. The number of piperidine rings is 1. The summed E-state index contributed by atoms with van der Waals surface area (Å²) in [4.78, 5) is 14.7. The smallest absolute Gasteiger partial charge is 0.319 e. The molecule has 0 saturated carbocycles. The highest BCUT2D eigenvalue weighted by molar-refractivity contribution is 6.30. The molecule has 4 rings (SSSR count). The first-order chi connectivity index (χ1) is 13.7. The number of amides is 2. The highest BCUT2D eigenvalue weighted by atomic mass is 35.5. The van der Waals surface area contributed by atoms with Gasteiger partial charge < -0.3 is 20.1 Å². The number of carbonyl (C=O) groups is 1. The van der Waals surface area contributed by atoms with Crippen LogP contribution in [0.4, 0.5) is 10.5 Å². The first-order valence-electron chi connectivity index (χ1n) is 9.60. The van der Waals surface area contributed by atoms with Gasteiger partial charge in [0.2, 0.25) is 0 Å². The molecule has 0 bridgehead atoms. The number of anilines is 1. The van der Waals surface area contributed by atoms with Gasteiger partial charge in [0.1, 0.15) is 13.2 Å². The van der Waals surface area contributed by atoms with E-state index < -0.39 is 0 Å². The van der Waals surface area contributed by atoms with E-state index in [0.29, 0.717) is 30.4 Å². The van der Waals surface area contributed by atoms with Crippen molar-refractivity contribution in [3.8, 4) is 11.5 Å². The van der Waals surface area contributed by atoms with Crippen molar-refractivity contribution in [2.75, 3.05) is 31.6 Å². The summed E-state index contributed by atoms with van der Waals surface area (Å²) in [6, 6.07) is 13.4. The third-order valence-corrected chi connectivity index (χ3v) is 5.29. The van der Waals surface area contributed by atoms with Crippen LogP contribution in [0.1, 0.15) is 18.4 Å². The minimum atomic E-state index is -0.187. The molecule has 2 heterocycles. The standard InChI is InChI=1S/C21H24ClN3O3/c22-16-3-1-15(2-4-16)14-25-9-7-17(8-10-25)23-21(26)24-18-5-6-19-20(13-18)28-12-11-27-19/h1-6,13,17H,7-12,14H2,(H2,23,24,26). The van der Waals surface area contributed by atoms with E-state index >= 15 is 0 Å². The van der Waals surface area contributed by atoms with Gasteiger partial charge in [0.25, 0.3) is 0 Å². The zero-order valence-corrected chi connectivity index (χ0v) is 16.4. The lowest BCUT2D eigenvalue weighted by Gasteiger charge is -2.32. The molecule has 0 radical (unpaired) electrons. The summed E-state index contributed by atoms with van der Waals surface area (Å²) >= 11 is 5.94. The number of fused-ring (bicyclic) bond motifs is 1. The Morgan fingerprint density at radius 3 is 2.50 bits per heavy atom. The normalized spacial score (nSPS) is 17.2. The molecule has 0 spiro atoms. The zero-order chi connectivity index (χ0) is 19.3. The van der Waals surface area contributed by atoms with Crippen LogP contribution in [0, 0.1) is 0 Å². The second kappa shape index (κ2) is 8.71. The monoisotopic (exact) mass is 401 g/mol. The quantitative estimate of drug-likeness (QED) is 0.815. The first kappa shape index (κ1) is 18.9. The largest absolute Gasteiger partial charge is 0.486 e. The lowest BCUT2D eigenvalue weighted by atomic mass is 10.0. The Balaban J connectivity index is 1.23. The van der Waals surface area contributed by atoms with E-state index in [0.717, 1.165) is 37.5 Å². The highest BCUT2D eigenvalue weighted by Crippen LogP contribution is 2.32. The Morgan fingerprint density at radius 1 is 1.04 bits per heavy atom. The number of nitrogens with zero attached hydrogens (tertiary/aromatic N) is 1. The molecule has 2 amide bonds. The van der Waals surface area contributed by atoms with Crippen molar-refractivity contribution in [3.05, 3.63) is 53.1 Å². The van der Waals surface area contributed by atoms with Gasteiger partial charge in [-0.05, 0) is 42.7 Å². The molecule has 0 aromatic heterocycles. The van der Waals surface area contributed by atoms with Crippen molar-refractivity contribution in [2.45, 2.75) is 25.4 Å². The molecule has 2 N–H and O–H groups in total. The average molecular weight is 402 g/mol. The third kappa shape index (κ3) is 4.88. The number of ether oxygens (including phenoxy) is 2. The molecular weight excluding hydrogens is 378 g/mol. The second-order valence-electron chi connectivity index (χ2n) is 7.13. The van der Waals surface area contributed by atoms with Crippen molar-refractivity contribution >= 4 is 23.3 Å². The van der Waals surface area contributed by atoms with Crippen LogP contribution in [-0.2, 0) is 6.54 Å². The van der Waals surface area contributed by atoms with Gasteiger partial charge in [0.05, 0.1) is 0 Å². The van der Waals surface area contributed by atoms with Gasteiger partial charge >= 0.3 is 6.03 Å². The molecule has 0 unspecified atom stereocenters. The molecule has 7 heteroatoms. The fourth-order valence-electron chi connectivity index (χ4n) is 3.56. The van der Waals surface area contributed by atoms with Gasteiger partial charge in [0, 0.05) is 42.5 Å². The van der Waals surface area contributed by atoms with Crippen LogP contribution >= 0.6 is 11.6 Å². The summed E-state index contributed by atoms with van der Waals surface area (Å²) in [7, 11) is 0. The Morgan fingerprint density at radius 2 is 1.75 bits per heavy atom. The van der Waals surface area contributed by atoms with Crippen LogP contribution in [0.25, 0.3) is 0 Å². The predicted molar refractivity (Wildman–Crippen MR) is 109 cm³/mol. The Hall–Kier alpha value is -2.44. The molecule has 2 aromatic carbocycles. The Kier molecular flexibility index (Phi) is 5.88. The number of halogens is 1. The van der Waals surface area contributed by atoms with Crippen molar-refractivity contribution < 1.29 is 14.3 Å². The van der Waals surface area contributed by atoms with Gasteiger partial charge in [0.15, 0.2) is 11.5 Å². The lowest BCUT2D eigenvalue weighted by Crippen LogP contribution is -2.45. The van der Waals surface area contributed by atoms with Crippen molar-refractivity contribution in [2.24, 2.45) is 0 Å². The van der Waals surface area contributed by atoms with E-state index in [1.54, 1.807) is 6.07 Å². The third-order valence-electron chi connectivity index (χ3n) is 5.04. The minimum Gasteiger partial charge on any atom is -0.486 e. The number of benzene rings is 2. The van der Waals surface area contributed by atoms with Crippen LogP contribution in [0.2, 0.25) is 5.02 Å². The van der Waals surface area contributed by atoms with Crippen LogP contribution < -0.4 is 20.1 Å². The van der Waals surface area contributed by atoms with Crippen LogP contribution in [-0.4, -0.2) is 43.3 Å². The number of nitrogens with one attached hydrogen (secondary N) is 2. The molecule has 148 valence electrons. The summed E-state index contributed by atoms with van der Waals surface area (Å²) in [5, 5.41) is 6.72. The van der Waals surface area contributed by atoms with E-state index in [1.165, 1.54) is 5.56 Å². The molecule has 28 heavy (non-hydrogen) atoms. The van der Waals surface area contributed by atoms with Gasteiger partial charge in [-0.2, -0.15) is 0 Å². The van der Waals surface area contributed by atoms with Gasteiger partial charge in [-0.1, -0.05) is 23.7 Å². The fourth-order valence-corrected chi connectivity index (χ4v) is 3.68. The summed E-state index contributed by atoms with van der Waals surface area (Å²) in [6.45, 7) is 3.90. The zero-order valence-electron chi connectivity index (χ0n) is 15.6. The Bertz CT molecular complexity index is 820. The average Bonchev–Trinajstić information content (AvgIpc) is 2.71. The van der Waals surface area contributed by atoms with E-state index in [1.807, 2.05) is 24.3 Å². The number of likely N-dealkylation sites (tertiary alicyclic amines) is 1. The number of rotatable bonds is 4. The topological polar surface area (TPSA) is 62.8 Å². The van der Waals surface area contributed by atoms with Crippen LogP contribution in [0.3, 0.4) is 0 Å². The minimum absolute atomic E-state index is 0.179. The maximum absolute atomic E-state index is 12.3. The van der Waals surface area contributed by atoms with E-state index in [-0.39, 0.29) is 12.1 Å². The molecule has 0 atom stereocenters. The predicted octanol–water partition coefficient (Wildman–Crippen LogP) is 3.90. The van der Waals surface area contributed by atoms with Gasteiger partial charge in [-0.25, -0.2) is 4.79 Å². The van der Waals surface area contributed by atoms with Gasteiger partial charge in [-0.3, -0.25) is 4.90 Å². The number of hydrogen-bond acceptors (Lipinski definition) is 4. The van der Waals surface area contributed by atoms with Crippen molar-refractivity contribution in [1.29, 1.82) is 0 Å². The first-order valence-corrected chi connectivity index (χ1v) is 9.97. The van der Waals surface area contributed by atoms with E-state index in [4.69, 9.17) is 21.1 Å². The molecular formula is C21H24ClN3O3. The number of hydrogen-bond donors (Lipinski definition) is 2. The van der Waals surface area contributed by atoms with Gasteiger partial charge in [-0.15, -0.1) is 0 Å². The van der Waals surface area contributed by atoms with Crippen molar-refractivity contribution in [1.82, 2.24) is 10.2 Å². The lowest BCUT2D eigenvalue weighted by molar-refractivity contribution is 0.171.